The molecule has 1 aromatic rings. The normalized spacial score (nSPS) is 12.4. The second-order valence-corrected chi connectivity index (χ2v) is 5.16. The zero-order valence-electron chi connectivity index (χ0n) is 11.1. The van der Waals surface area contributed by atoms with Gasteiger partial charge < -0.3 is 5.32 Å². The van der Waals surface area contributed by atoms with Crippen LogP contribution in [0.2, 0.25) is 5.02 Å². The summed E-state index contributed by atoms with van der Waals surface area (Å²) in [6, 6.07) is 4.90. The maximum Gasteiger partial charge on any atom is 0.124 e. The predicted molar refractivity (Wildman–Crippen MR) is 76.6 cm³/mol. The zero-order chi connectivity index (χ0) is 13.5. The van der Waals surface area contributed by atoms with Crippen molar-refractivity contribution in [3.63, 3.8) is 0 Å². The van der Waals surface area contributed by atoms with Crippen molar-refractivity contribution >= 4 is 11.6 Å². The SMILES string of the molecule is C=C(C)CC(Cc1ccc(F)cc1Cl)NCCC. The molecular formula is C15H21ClFN. The molecule has 0 aliphatic carbocycles. The summed E-state index contributed by atoms with van der Waals surface area (Å²) in [5.74, 6) is -0.290. The fourth-order valence-corrected chi connectivity index (χ4v) is 2.18. The molecule has 1 rings (SSSR count). The van der Waals surface area contributed by atoms with Gasteiger partial charge in [0.2, 0.25) is 0 Å². The van der Waals surface area contributed by atoms with E-state index in [1.807, 2.05) is 6.92 Å². The van der Waals surface area contributed by atoms with Gasteiger partial charge in [-0.1, -0.05) is 30.2 Å². The maximum absolute atomic E-state index is 13.0. The Labute approximate surface area is 114 Å². The maximum atomic E-state index is 13.0. The van der Waals surface area contributed by atoms with E-state index < -0.39 is 0 Å². The van der Waals surface area contributed by atoms with Crippen molar-refractivity contribution in [1.82, 2.24) is 5.32 Å². The van der Waals surface area contributed by atoms with Gasteiger partial charge >= 0.3 is 0 Å². The summed E-state index contributed by atoms with van der Waals surface area (Å²) >= 11 is 6.05. The summed E-state index contributed by atoms with van der Waals surface area (Å²) in [6.07, 6.45) is 2.80. The van der Waals surface area contributed by atoms with Crippen LogP contribution >= 0.6 is 11.6 Å². The lowest BCUT2D eigenvalue weighted by Gasteiger charge is -2.19. The summed E-state index contributed by atoms with van der Waals surface area (Å²) in [4.78, 5) is 0. The van der Waals surface area contributed by atoms with Crippen LogP contribution in [0.1, 0.15) is 32.3 Å². The summed E-state index contributed by atoms with van der Waals surface area (Å²) in [7, 11) is 0. The molecule has 0 fully saturated rings. The Kier molecular flexibility index (Phi) is 6.37. The Balaban J connectivity index is 2.71. The zero-order valence-corrected chi connectivity index (χ0v) is 11.9. The molecule has 0 aliphatic heterocycles. The highest BCUT2D eigenvalue weighted by Gasteiger charge is 2.11. The molecule has 0 aromatic heterocycles. The second kappa shape index (κ2) is 7.55. The molecule has 0 heterocycles. The summed E-state index contributed by atoms with van der Waals surface area (Å²) < 4.78 is 13.0. The van der Waals surface area contributed by atoms with Crippen LogP contribution in [0.3, 0.4) is 0 Å². The van der Waals surface area contributed by atoms with E-state index in [-0.39, 0.29) is 5.82 Å². The Bertz CT molecular complexity index is 403. The van der Waals surface area contributed by atoms with E-state index in [9.17, 15) is 4.39 Å². The van der Waals surface area contributed by atoms with Crippen LogP contribution in [-0.2, 0) is 6.42 Å². The van der Waals surface area contributed by atoms with Gasteiger partial charge in [-0.2, -0.15) is 0 Å². The molecule has 100 valence electrons. The van der Waals surface area contributed by atoms with Gasteiger partial charge in [-0.15, -0.1) is 6.58 Å². The van der Waals surface area contributed by atoms with Crippen LogP contribution in [0.5, 0.6) is 0 Å². The van der Waals surface area contributed by atoms with Crippen LogP contribution in [0.4, 0.5) is 4.39 Å². The van der Waals surface area contributed by atoms with E-state index in [2.05, 4.69) is 18.8 Å². The summed E-state index contributed by atoms with van der Waals surface area (Å²) in [6.45, 7) is 9.07. The van der Waals surface area contributed by atoms with E-state index in [1.54, 1.807) is 6.07 Å². The molecule has 1 unspecified atom stereocenters. The molecule has 18 heavy (non-hydrogen) atoms. The second-order valence-electron chi connectivity index (χ2n) is 4.75. The van der Waals surface area contributed by atoms with Crippen LogP contribution in [0.25, 0.3) is 0 Å². The molecule has 1 N–H and O–H groups in total. The molecule has 0 saturated carbocycles. The number of benzene rings is 1. The number of hydrogen-bond donors (Lipinski definition) is 1. The summed E-state index contributed by atoms with van der Waals surface area (Å²) in [5.41, 5.74) is 2.12. The lowest BCUT2D eigenvalue weighted by molar-refractivity contribution is 0.503. The van der Waals surface area contributed by atoms with E-state index in [0.29, 0.717) is 11.1 Å². The molecule has 0 radical (unpaired) electrons. The lowest BCUT2D eigenvalue weighted by atomic mass is 10.00. The number of rotatable bonds is 7. The molecule has 0 spiro atoms. The van der Waals surface area contributed by atoms with E-state index in [4.69, 9.17) is 11.6 Å². The minimum absolute atomic E-state index is 0.290. The van der Waals surface area contributed by atoms with Gasteiger partial charge in [0.25, 0.3) is 0 Å². The van der Waals surface area contributed by atoms with Gasteiger partial charge in [0.1, 0.15) is 5.82 Å². The molecule has 0 bridgehead atoms. The largest absolute Gasteiger partial charge is 0.313 e. The van der Waals surface area contributed by atoms with Crippen LogP contribution < -0.4 is 5.32 Å². The first-order valence-corrected chi connectivity index (χ1v) is 6.72. The smallest absolute Gasteiger partial charge is 0.124 e. The molecule has 3 heteroatoms. The Morgan fingerprint density at radius 3 is 2.78 bits per heavy atom. The first-order chi connectivity index (χ1) is 8.52. The Hall–Kier alpha value is -0.860. The highest BCUT2D eigenvalue weighted by atomic mass is 35.5. The van der Waals surface area contributed by atoms with Crippen molar-refractivity contribution in [3.8, 4) is 0 Å². The monoisotopic (exact) mass is 269 g/mol. The average molecular weight is 270 g/mol. The molecule has 0 saturated heterocycles. The fourth-order valence-electron chi connectivity index (χ4n) is 1.94. The third-order valence-electron chi connectivity index (χ3n) is 2.76. The molecule has 0 aliphatic rings. The highest BCUT2D eigenvalue weighted by molar-refractivity contribution is 6.31. The number of nitrogens with one attached hydrogen (secondary N) is 1. The minimum Gasteiger partial charge on any atom is -0.313 e. The fraction of sp³-hybridized carbons (Fsp3) is 0.467. The van der Waals surface area contributed by atoms with Crippen molar-refractivity contribution in [1.29, 1.82) is 0 Å². The summed E-state index contributed by atoms with van der Waals surface area (Å²) in [5, 5.41) is 3.98. The van der Waals surface area contributed by atoms with Crippen molar-refractivity contribution in [2.24, 2.45) is 0 Å². The first kappa shape index (κ1) is 15.2. The molecule has 1 nitrogen and oxygen atoms in total. The van der Waals surface area contributed by atoms with Gasteiger partial charge in [-0.25, -0.2) is 4.39 Å². The van der Waals surface area contributed by atoms with Crippen molar-refractivity contribution in [2.75, 3.05) is 6.54 Å². The third-order valence-corrected chi connectivity index (χ3v) is 3.11. The standard InChI is InChI=1S/C15H21ClFN/c1-4-7-18-14(8-11(2)3)9-12-5-6-13(17)10-15(12)16/h5-6,10,14,18H,2,4,7-9H2,1,3H3. The van der Waals surface area contributed by atoms with Gasteiger partial charge in [0.15, 0.2) is 0 Å². The first-order valence-electron chi connectivity index (χ1n) is 6.34. The Morgan fingerprint density at radius 1 is 1.50 bits per heavy atom. The number of hydrogen-bond acceptors (Lipinski definition) is 1. The molecule has 0 amide bonds. The molecule has 1 aromatic carbocycles. The van der Waals surface area contributed by atoms with Gasteiger partial charge in [0.05, 0.1) is 0 Å². The van der Waals surface area contributed by atoms with Crippen LogP contribution in [-0.4, -0.2) is 12.6 Å². The van der Waals surface area contributed by atoms with Crippen LogP contribution in [0.15, 0.2) is 30.4 Å². The van der Waals surface area contributed by atoms with Crippen molar-refractivity contribution in [2.45, 2.75) is 39.2 Å². The van der Waals surface area contributed by atoms with Gasteiger partial charge in [0, 0.05) is 11.1 Å². The topological polar surface area (TPSA) is 12.0 Å². The lowest BCUT2D eigenvalue weighted by Crippen LogP contribution is -2.32. The number of halogens is 2. The van der Waals surface area contributed by atoms with Gasteiger partial charge in [-0.3, -0.25) is 0 Å². The van der Waals surface area contributed by atoms with Crippen LogP contribution in [0, 0.1) is 5.82 Å². The van der Waals surface area contributed by atoms with E-state index in [1.165, 1.54) is 12.1 Å². The predicted octanol–water partition coefficient (Wildman–Crippen LogP) is 4.36. The van der Waals surface area contributed by atoms with E-state index in [0.717, 1.165) is 36.9 Å². The highest BCUT2D eigenvalue weighted by Crippen LogP contribution is 2.20. The van der Waals surface area contributed by atoms with Crippen molar-refractivity contribution in [3.05, 3.63) is 46.8 Å². The van der Waals surface area contributed by atoms with E-state index >= 15 is 0 Å². The van der Waals surface area contributed by atoms with Crippen molar-refractivity contribution < 1.29 is 4.39 Å². The van der Waals surface area contributed by atoms with Gasteiger partial charge in [-0.05, 0) is 50.4 Å². The Morgan fingerprint density at radius 2 is 2.22 bits per heavy atom. The minimum atomic E-state index is -0.290. The molecular weight excluding hydrogens is 249 g/mol. The third kappa shape index (κ3) is 5.19. The average Bonchev–Trinajstić information content (AvgIpc) is 2.29. The molecule has 1 atom stereocenters. The quantitative estimate of drug-likeness (QED) is 0.726.